The average Bonchev–Trinajstić information content (AvgIpc) is 2.55. The molecule has 0 saturated heterocycles. The van der Waals surface area contributed by atoms with E-state index in [0.29, 0.717) is 5.56 Å². The molecule has 2 rings (SSSR count). The van der Waals surface area contributed by atoms with Crippen LogP contribution in [0.2, 0.25) is 0 Å². The highest BCUT2D eigenvalue weighted by atomic mass is 32.2. The number of nitrogens with zero attached hydrogens (tertiary/aromatic N) is 2. The number of hydrogen-bond donors (Lipinski definition) is 1. The fourth-order valence-electron chi connectivity index (χ4n) is 1.87. The summed E-state index contributed by atoms with van der Waals surface area (Å²) in [7, 11) is -2.47. The van der Waals surface area contributed by atoms with Crippen molar-refractivity contribution in [2.45, 2.75) is 11.8 Å². The predicted octanol–water partition coefficient (Wildman–Crippen LogP) is 2.22. The number of hydrazone groups is 1. The summed E-state index contributed by atoms with van der Waals surface area (Å²) >= 11 is 0. The zero-order valence-corrected chi connectivity index (χ0v) is 13.8. The van der Waals surface area contributed by atoms with Crippen molar-refractivity contribution in [1.82, 2.24) is 4.83 Å². The Labute approximate surface area is 139 Å². The highest BCUT2D eigenvalue weighted by molar-refractivity contribution is 7.89. The summed E-state index contributed by atoms with van der Waals surface area (Å²) in [4.78, 5) is 12.5. The molecule has 0 bridgehead atoms. The molecule has 0 saturated carbocycles. The molecule has 0 aromatic heterocycles. The van der Waals surface area contributed by atoms with Crippen LogP contribution in [0.15, 0.2) is 52.5 Å². The summed E-state index contributed by atoms with van der Waals surface area (Å²) in [5, 5.41) is 14.6. The van der Waals surface area contributed by atoms with Crippen LogP contribution in [0.3, 0.4) is 0 Å². The van der Waals surface area contributed by atoms with Crippen LogP contribution in [-0.4, -0.2) is 26.7 Å². The first-order valence-corrected chi connectivity index (χ1v) is 8.26. The monoisotopic (exact) mass is 349 g/mol. The minimum atomic E-state index is -3.79. The van der Waals surface area contributed by atoms with Gasteiger partial charge in [0.2, 0.25) is 0 Å². The maximum absolute atomic E-state index is 12.1. The van der Waals surface area contributed by atoms with E-state index in [4.69, 9.17) is 4.74 Å². The Morgan fingerprint density at radius 3 is 2.46 bits per heavy atom. The van der Waals surface area contributed by atoms with Crippen LogP contribution in [0, 0.1) is 17.0 Å². The molecule has 0 unspecified atom stereocenters. The topological polar surface area (TPSA) is 111 Å². The van der Waals surface area contributed by atoms with Gasteiger partial charge >= 0.3 is 5.69 Å². The van der Waals surface area contributed by atoms with Crippen molar-refractivity contribution in [3.05, 3.63) is 63.7 Å². The second-order valence-corrected chi connectivity index (χ2v) is 6.52. The number of methoxy groups -OCH3 is 1. The minimum Gasteiger partial charge on any atom is -0.490 e. The van der Waals surface area contributed by atoms with E-state index >= 15 is 0 Å². The molecule has 2 aromatic rings. The van der Waals surface area contributed by atoms with Gasteiger partial charge in [0.05, 0.1) is 23.1 Å². The first kappa shape index (κ1) is 17.4. The Balaban J connectivity index is 2.18. The number of hydrogen-bond acceptors (Lipinski definition) is 6. The summed E-state index contributed by atoms with van der Waals surface area (Å²) in [6, 6.07) is 10.4. The van der Waals surface area contributed by atoms with Crippen LogP contribution >= 0.6 is 0 Å². The van der Waals surface area contributed by atoms with E-state index in [0.717, 1.165) is 5.56 Å². The smallest absolute Gasteiger partial charge is 0.311 e. The molecule has 0 atom stereocenters. The van der Waals surface area contributed by atoms with Crippen molar-refractivity contribution < 1.29 is 18.1 Å². The molecule has 9 heteroatoms. The summed E-state index contributed by atoms with van der Waals surface area (Å²) in [5.41, 5.74) is 1.06. The third-order valence-electron chi connectivity index (χ3n) is 3.12. The van der Waals surface area contributed by atoms with Gasteiger partial charge in [-0.1, -0.05) is 17.7 Å². The van der Waals surface area contributed by atoms with Gasteiger partial charge < -0.3 is 4.74 Å². The van der Waals surface area contributed by atoms with Crippen LogP contribution in [-0.2, 0) is 10.0 Å². The zero-order chi connectivity index (χ0) is 17.7. The van der Waals surface area contributed by atoms with E-state index in [-0.39, 0.29) is 16.3 Å². The SMILES string of the molecule is COc1ccc(C=NNS(=O)(=O)c2ccc(C)cc2)cc1[N+](=O)[O-]. The lowest BCUT2D eigenvalue weighted by atomic mass is 10.2. The molecule has 0 fully saturated rings. The molecule has 0 aliphatic carbocycles. The van der Waals surface area contributed by atoms with E-state index in [9.17, 15) is 18.5 Å². The molecule has 8 nitrogen and oxygen atoms in total. The van der Waals surface area contributed by atoms with E-state index in [1.807, 2.05) is 6.92 Å². The van der Waals surface area contributed by atoms with Gasteiger partial charge in [-0.15, -0.1) is 0 Å². The second kappa shape index (κ2) is 7.09. The number of benzene rings is 2. The number of nitro benzene ring substituents is 1. The van der Waals surface area contributed by atoms with Gasteiger partial charge in [-0.25, -0.2) is 4.83 Å². The standard InChI is InChI=1S/C15H15N3O5S/c1-11-3-6-13(7-4-11)24(21,22)17-16-10-12-5-8-15(23-2)14(9-12)18(19)20/h3-10,17H,1-2H3. The molecule has 24 heavy (non-hydrogen) atoms. The first-order chi connectivity index (χ1) is 11.3. The lowest BCUT2D eigenvalue weighted by Gasteiger charge is -2.04. The number of ether oxygens (including phenoxy) is 1. The number of nitrogens with one attached hydrogen (secondary N) is 1. The fraction of sp³-hybridized carbons (Fsp3) is 0.133. The average molecular weight is 349 g/mol. The zero-order valence-electron chi connectivity index (χ0n) is 13.0. The highest BCUT2D eigenvalue weighted by Crippen LogP contribution is 2.26. The van der Waals surface area contributed by atoms with E-state index in [2.05, 4.69) is 9.93 Å². The summed E-state index contributed by atoms with van der Waals surface area (Å²) < 4.78 is 29.0. The van der Waals surface area contributed by atoms with Crippen molar-refractivity contribution in [3.8, 4) is 5.75 Å². The number of rotatable bonds is 6. The molecule has 126 valence electrons. The van der Waals surface area contributed by atoms with Gasteiger partial charge in [-0.2, -0.15) is 13.5 Å². The van der Waals surface area contributed by atoms with Crippen molar-refractivity contribution >= 4 is 21.9 Å². The van der Waals surface area contributed by atoms with Crippen molar-refractivity contribution in [1.29, 1.82) is 0 Å². The van der Waals surface area contributed by atoms with Crippen molar-refractivity contribution in [2.24, 2.45) is 5.10 Å². The normalized spacial score (nSPS) is 11.4. The maximum Gasteiger partial charge on any atom is 0.311 e. The van der Waals surface area contributed by atoms with Gasteiger partial charge in [0.25, 0.3) is 10.0 Å². The van der Waals surface area contributed by atoms with E-state index < -0.39 is 14.9 Å². The van der Waals surface area contributed by atoms with Gasteiger partial charge in [-0.05, 0) is 31.2 Å². The Bertz CT molecular complexity index is 876. The van der Waals surface area contributed by atoms with Crippen LogP contribution in [0.1, 0.15) is 11.1 Å². The Kier molecular flexibility index (Phi) is 5.14. The summed E-state index contributed by atoms with van der Waals surface area (Å²) in [6.07, 6.45) is 1.18. The quantitative estimate of drug-likeness (QED) is 0.488. The Hall–Kier alpha value is -2.94. The molecule has 0 aliphatic rings. The van der Waals surface area contributed by atoms with Crippen LogP contribution in [0.25, 0.3) is 0 Å². The molecule has 0 heterocycles. The fourth-order valence-corrected chi connectivity index (χ4v) is 2.66. The largest absolute Gasteiger partial charge is 0.490 e. The lowest BCUT2D eigenvalue weighted by molar-refractivity contribution is -0.385. The Morgan fingerprint density at radius 1 is 1.21 bits per heavy atom. The molecule has 1 N–H and O–H groups in total. The Morgan fingerprint density at radius 2 is 1.88 bits per heavy atom. The second-order valence-electron chi connectivity index (χ2n) is 4.85. The van der Waals surface area contributed by atoms with Crippen LogP contribution in [0.4, 0.5) is 5.69 Å². The first-order valence-electron chi connectivity index (χ1n) is 6.77. The highest BCUT2D eigenvalue weighted by Gasteiger charge is 2.15. The molecule has 0 radical (unpaired) electrons. The van der Waals surface area contributed by atoms with Gasteiger partial charge in [0.1, 0.15) is 0 Å². The molecule has 0 aliphatic heterocycles. The van der Waals surface area contributed by atoms with Crippen LogP contribution < -0.4 is 9.57 Å². The molecule has 2 aromatic carbocycles. The maximum atomic E-state index is 12.1. The van der Waals surface area contributed by atoms with Crippen LogP contribution in [0.5, 0.6) is 5.75 Å². The number of aryl methyl sites for hydroxylation is 1. The molecule has 0 spiro atoms. The third kappa shape index (κ3) is 4.07. The molecule has 0 amide bonds. The van der Waals surface area contributed by atoms with Gasteiger partial charge in [0.15, 0.2) is 5.75 Å². The van der Waals surface area contributed by atoms with Gasteiger partial charge in [0, 0.05) is 11.6 Å². The van der Waals surface area contributed by atoms with E-state index in [1.165, 1.54) is 43.7 Å². The van der Waals surface area contributed by atoms with Crippen molar-refractivity contribution in [2.75, 3.05) is 7.11 Å². The number of nitro groups is 1. The molecular formula is C15H15N3O5S. The van der Waals surface area contributed by atoms with Gasteiger partial charge in [-0.3, -0.25) is 10.1 Å². The van der Waals surface area contributed by atoms with Crippen molar-refractivity contribution in [3.63, 3.8) is 0 Å². The summed E-state index contributed by atoms with van der Waals surface area (Å²) in [6.45, 7) is 1.85. The summed E-state index contributed by atoms with van der Waals surface area (Å²) in [5.74, 6) is 0.109. The number of sulfonamides is 1. The predicted molar refractivity (Wildman–Crippen MR) is 88.7 cm³/mol. The third-order valence-corrected chi connectivity index (χ3v) is 4.36. The lowest BCUT2D eigenvalue weighted by Crippen LogP contribution is -2.18. The van der Waals surface area contributed by atoms with E-state index in [1.54, 1.807) is 12.1 Å². The molecular weight excluding hydrogens is 334 g/mol. The minimum absolute atomic E-state index is 0.0750.